The number of benzene rings is 2. The zero-order valence-electron chi connectivity index (χ0n) is 21.9. The van der Waals surface area contributed by atoms with Crippen molar-refractivity contribution in [3.05, 3.63) is 81.3 Å². The number of halogens is 1. The molecular weight excluding hydrogens is 548 g/mol. The molecule has 1 aliphatic rings. The van der Waals surface area contributed by atoms with Gasteiger partial charge in [-0.25, -0.2) is 4.79 Å². The van der Waals surface area contributed by atoms with Crippen molar-refractivity contribution in [2.45, 2.75) is 32.2 Å². The smallest absolute Gasteiger partial charge is 0.324 e. The summed E-state index contributed by atoms with van der Waals surface area (Å²) in [5.41, 5.74) is 9.80. The van der Waals surface area contributed by atoms with E-state index in [0.717, 1.165) is 46.4 Å². The van der Waals surface area contributed by atoms with E-state index in [9.17, 15) is 14.4 Å². The molecular formula is C29H31ClN6O3S. The number of nitrogens with one attached hydrogen (secondary N) is 4. The number of nitrogens with zero attached hydrogens (tertiary/aromatic N) is 1. The molecule has 0 spiro atoms. The monoisotopic (exact) mass is 578 g/mol. The van der Waals surface area contributed by atoms with Gasteiger partial charge >= 0.3 is 6.03 Å². The third-order valence-corrected chi connectivity index (χ3v) is 8.37. The van der Waals surface area contributed by atoms with Crippen molar-refractivity contribution in [2.75, 3.05) is 30.3 Å². The van der Waals surface area contributed by atoms with E-state index in [2.05, 4.69) is 31.9 Å². The van der Waals surface area contributed by atoms with E-state index in [-0.39, 0.29) is 5.91 Å². The predicted octanol–water partition coefficient (Wildman–Crippen LogP) is 5.12. The molecule has 2 aromatic carbocycles. The van der Waals surface area contributed by atoms with Crippen molar-refractivity contribution in [2.24, 2.45) is 5.73 Å². The van der Waals surface area contributed by atoms with Gasteiger partial charge in [0, 0.05) is 65.3 Å². The second-order valence-electron chi connectivity index (χ2n) is 9.75. The number of aryl methyl sites for hydroxylation is 1. The third kappa shape index (κ3) is 6.64. The molecule has 1 aliphatic heterocycles. The molecule has 0 radical (unpaired) electrons. The van der Waals surface area contributed by atoms with Crippen LogP contribution in [0.5, 0.6) is 0 Å². The average molecular weight is 579 g/mol. The molecule has 0 atom stereocenters. The molecule has 0 aliphatic carbocycles. The lowest BCUT2D eigenvalue weighted by Gasteiger charge is -2.27. The van der Waals surface area contributed by atoms with E-state index in [4.69, 9.17) is 17.3 Å². The molecule has 208 valence electrons. The lowest BCUT2D eigenvalue weighted by molar-refractivity contribution is -0.121. The SMILES string of the molecule is NC(=O)c1c(NC(=O)Nc2ccc(Cl)cc2)sc2c1CCN(CCCNC(=O)CCc1c[nH]c3ccccc13)C2. The summed E-state index contributed by atoms with van der Waals surface area (Å²) >= 11 is 7.28. The van der Waals surface area contributed by atoms with Gasteiger partial charge in [0.2, 0.25) is 5.91 Å². The fraction of sp³-hybridized carbons (Fsp3) is 0.276. The van der Waals surface area contributed by atoms with Crippen molar-refractivity contribution in [1.29, 1.82) is 0 Å². The number of amides is 4. The summed E-state index contributed by atoms with van der Waals surface area (Å²) in [5.74, 6) is -0.508. The molecule has 0 bridgehead atoms. The maximum atomic E-state index is 12.6. The minimum Gasteiger partial charge on any atom is -0.365 e. The maximum absolute atomic E-state index is 12.6. The van der Waals surface area contributed by atoms with Crippen molar-refractivity contribution in [1.82, 2.24) is 15.2 Å². The third-order valence-electron chi connectivity index (χ3n) is 6.98. The summed E-state index contributed by atoms with van der Waals surface area (Å²) in [7, 11) is 0. The first-order valence-electron chi connectivity index (χ1n) is 13.2. The number of aromatic nitrogens is 1. The Morgan fingerprint density at radius 1 is 1.07 bits per heavy atom. The lowest BCUT2D eigenvalue weighted by Crippen LogP contribution is -2.34. The maximum Gasteiger partial charge on any atom is 0.324 e. The number of fused-ring (bicyclic) bond motifs is 2. The quantitative estimate of drug-likeness (QED) is 0.167. The van der Waals surface area contributed by atoms with Gasteiger partial charge in [-0.1, -0.05) is 29.8 Å². The number of carbonyl (C=O) groups excluding carboxylic acids is 3. The van der Waals surface area contributed by atoms with Gasteiger partial charge in [0.15, 0.2) is 0 Å². The molecule has 0 saturated heterocycles. The zero-order chi connectivity index (χ0) is 28.1. The van der Waals surface area contributed by atoms with Crippen LogP contribution in [0.15, 0.2) is 54.7 Å². The number of carbonyl (C=O) groups is 3. The first kappa shape index (κ1) is 27.7. The average Bonchev–Trinajstić information content (AvgIpc) is 3.51. The minimum atomic E-state index is -0.553. The van der Waals surface area contributed by atoms with Crippen molar-refractivity contribution in [3.63, 3.8) is 0 Å². The number of hydrogen-bond acceptors (Lipinski definition) is 5. The van der Waals surface area contributed by atoms with E-state index in [0.29, 0.717) is 53.6 Å². The van der Waals surface area contributed by atoms with E-state index in [1.54, 1.807) is 24.3 Å². The number of aromatic amines is 1. The van der Waals surface area contributed by atoms with Gasteiger partial charge in [-0.15, -0.1) is 11.3 Å². The van der Waals surface area contributed by atoms with Crippen LogP contribution in [0.25, 0.3) is 10.9 Å². The summed E-state index contributed by atoms with van der Waals surface area (Å²) in [6.45, 7) is 2.85. The number of hydrogen-bond donors (Lipinski definition) is 5. The standard InChI is InChI=1S/C29H31ClN6O3S/c30-19-7-9-20(10-8-19)34-29(39)35-28-26(27(31)38)22-12-15-36(17-24(22)40-28)14-3-13-32-25(37)11-6-18-16-33-23-5-2-1-4-21(18)23/h1-2,4-5,7-10,16,33H,3,6,11-15,17H2,(H2,31,38)(H,32,37)(H2,34,35,39). The highest BCUT2D eigenvalue weighted by atomic mass is 35.5. The fourth-order valence-corrected chi connectivity index (χ4v) is 6.42. The van der Waals surface area contributed by atoms with Crippen LogP contribution < -0.4 is 21.7 Å². The number of nitrogens with two attached hydrogens (primary N) is 1. The summed E-state index contributed by atoms with van der Waals surface area (Å²) < 4.78 is 0. The minimum absolute atomic E-state index is 0.0446. The Morgan fingerprint density at radius 2 is 1.88 bits per heavy atom. The highest BCUT2D eigenvalue weighted by Gasteiger charge is 2.27. The molecule has 2 aromatic heterocycles. The second-order valence-corrected chi connectivity index (χ2v) is 11.3. The number of anilines is 2. The highest BCUT2D eigenvalue weighted by Crippen LogP contribution is 2.37. The number of thiophene rings is 1. The number of para-hydroxylation sites is 1. The second kappa shape index (κ2) is 12.5. The topological polar surface area (TPSA) is 132 Å². The van der Waals surface area contributed by atoms with E-state index in [1.165, 1.54) is 11.3 Å². The van der Waals surface area contributed by atoms with Gasteiger partial charge in [-0.3, -0.25) is 19.8 Å². The molecule has 0 saturated carbocycles. The first-order valence-corrected chi connectivity index (χ1v) is 14.4. The fourth-order valence-electron chi connectivity index (χ4n) is 5.00. The Kier molecular flexibility index (Phi) is 8.69. The largest absolute Gasteiger partial charge is 0.365 e. The molecule has 40 heavy (non-hydrogen) atoms. The van der Waals surface area contributed by atoms with Crippen LogP contribution >= 0.6 is 22.9 Å². The van der Waals surface area contributed by atoms with Crippen LogP contribution in [0, 0.1) is 0 Å². The number of H-pyrrole nitrogens is 1. The van der Waals surface area contributed by atoms with Gasteiger partial charge in [-0.2, -0.15) is 0 Å². The lowest BCUT2D eigenvalue weighted by atomic mass is 10.0. The summed E-state index contributed by atoms with van der Waals surface area (Å²) in [6.07, 6.45) is 4.60. The van der Waals surface area contributed by atoms with Crippen LogP contribution in [0.1, 0.15) is 39.2 Å². The molecule has 5 rings (SSSR count). The van der Waals surface area contributed by atoms with E-state index >= 15 is 0 Å². The normalized spacial score (nSPS) is 13.1. The van der Waals surface area contributed by atoms with Crippen LogP contribution in [-0.2, 0) is 24.2 Å². The summed E-state index contributed by atoms with van der Waals surface area (Å²) in [6, 6.07) is 14.4. The van der Waals surface area contributed by atoms with Gasteiger partial charge in [-0.05, 0) is 60.7 Å². The van der Waals surface area contributed by atoms with Gasteiger partial charge in [0.25, 0.3) is 5.91 Å². The molecule has 11 heteroatoms. The van der Waals surface area contributed by atoms with Gasteiger partial charge in [0.05, 0.1) is 5.56 Å². The zero-order valence-corrected chi connectivity index (χ0v) is 23.5. The van der Waals surface area contributed by atoms with Gasteiger partial charge in [0.1, 0.15) is 5.00 Å². The van der Waals surface area contributed by atoms with Crippen LogP contribution in [0.3, 0.4) is 0 Å². The molecule has 9 nitrogen and oxygen atoms in total. The molecule has 6 N–H and O–H groups in total. The molecule has 0 unspecified atom stereocenters. The van der Waals surface area contributed by atoms with Crippen LogP contribution in [-0.4, -0.2) is 47.4 Å². The number of primary amides is 1. The van der Waals surface area contributed by atoms with Crippen molar-refractivity contribution < 1.29 is 14.4 Å². The summed E-state index contributed by atoms with van der Waals surface area (Å²) in [4.78, 5) is 43.8. The number of urea groups is 1. The van der Waals surface area contributed by atoms with E-state index < -0.39 is 11.9 Å². The molecule has 0 fully saturated rings. The number of rotatable bonds is 10. The Bertz CT molecular complexity index is 1530. The van der Waals surface area contributed by atoms with E-state index in [1.807, 2.05) is 24.4 Å². The van der Waals surface area contributed by atoms with Crippen molar-refractivity contribution >= 4 is 62.4 Å². The highest BCUT2D eigenvalue weighted by molar-refractivity contribution is 7.17. The Labute approximate surface area is 241 Å². The summed E-state index contributed by atoms with van der Waals surface area (Å²) in [5, 5.41) is 10.7. The van der Waals surface area contributed by atoms with Crippen molar-refractivity contribution in [3.8, 4) is 0 Å². The molecule has 3 heterocycles. The Morgan fingerprint density at radius 3 is 2.67 bits per heavy atom. The van der Waals surface area contributed by atoms with Crippen LogP contribution in [0.2, 0.25) is 5.02 Å². The first-order chi connectivity index (χ1) is 19.4. The Hall–Kier alpha value is -3.86. The van der Waals surface area contributed by atoms with Gasteiger partial charge < -0.3 is 21.4 Å². The predicted molar refractivity (Wildman–Crippen MR) is 160 cm³/mol. The Balaban J connectivity index is 1.09. The molecule has 4 aromatic rings. The molecule has 4 amide bonds. The van der Waals surface area contributed by atoms with Crippen LogP contribution in [0.4, 0.5) is 15.5 Å².